The molecule has 0 bridgehead atoms. The SMILES string of the molecule is CCOC(=O)C1=C2CC2=CC(=O)C1=O. The first kappa shape index (κ1) is 8.87. The second-order valence-corrected chi connectivity index (χ2v) is 3.11. The van der Waals surface area contributed by atoms with E-state index in [1.165, 1.54) is 6.08 Å². The molecule has 0 aromatic carbocycles. The smallest absolute Gasteiger partial charge is 0.342 e. The molecule has 0 atom stereocenters. The van der Waals surface area contributed by atoms with Gasteiger partial charge in [0.1, 0.15) is 5.57 Å². The van der Waals surface area contributed by atoms with E-state index in [9.17, 15) is 14.4 Å². The Balaban J connectivity index is 2.35. The summed E-state index contributed by atoms with van der Waals surface area (Å²) < 4.78 is 4.70. The number of rotatable bonds is 2. The minimum atomic E-state index is -0.736. The Morgan fingerprint density at radius 2 is 2.21 bits per heavy atom. The number of fused-ring (bicyclic) bond motifs is 1. The third-order valence-corrected chi connectivity index (χ3v) is 2.17. The van der Waals surface area contributed by atoms with Crippen molar-refractivity contribution in [1.29, 1.82) is 0 Å². The maximum Gasteiger partial charge on any atom is 0.342 e. The van der Waals surface area contributed by atoms with Crippen molar-refractivity contribution >= 4 is 17.5 Å². The maximum absolute atomic E-state index is 11.3. The molecule has 0 amide bonds. The third-order valence-electron chi connectivity index (χ3n) is 2.17. The Bertz CT molecular complexity index is 412. The van der Waals surface area contributed by atoms with Crippen LogP contribution in [0.3, 0.4) is 0 Å². The maximum atomic E-state index is 11.3. The molecule has 2 aliphatic carbocycles. The Morgan fingerprint density at radius 3 is 2.86 bits per heavy atom. The van der Waals surface area contributed by atoms with Crippen LogP contribution in [0.1, 0.15) is 13.3 Å². The number of ketones is 2. The summed E-state index contributed by atoms with van der Waals surface area (Å²) in [6.07, 6.45) is 1.85. The van der Waals surface area contributed by atoms with Crippen molar-refractivity contribution < 1.29 is 19.1 Å². The molecule has 0 spiro atoms. The minimum absolute atomic E-state index is 0.0608. The number of hydrogen-bond donors (Lipinski definition) is 0. The fourth-order valence-corrected chi connectivity index (χ4v) is 1.44. The van der Waals surface area contributed by atoms with Crippen molar-refractivity contribution in [3.8, 4) is 0 Å². The molecular formula is C10H8O4. The zero-order valence-electron chi connectivity index (χ0n) is 7.62. The second-order valence-electron chi connectivity index (χ2n) is 3.11. The highest BCUT2D eigenvalue weighted by Gasteiger charge is 2.40. The molecule has 0 aromatic rings. The number of carbonyl (C=O) groups is 3. The predicted octanol–water partition coefficient (Wildman–Crippen LogP) is 0.328. The van der Waals surface area contributed by atoms with Gasteiger partial charge < -0.3 is 4.74 Å². The first-order valence-electron chi connectivity index (χ1n) is 4.35. The fourth-order valence-electron chi connectivity index (χ4n) is 1.44. The second kappa shape index (κ2) is 2.90. The van der Waals surface area contributed by atoms with Crippen molar-refractivity contribution in [1.82, 2.24) is 0 Å². The highest BCUT2D eigenvalue weighted by Crippen LogP contribution is 2.42. The van der Waals surface area contributed by atoms with E-state index < -0.39 is 17.5 Å². The number of allylic oxidation sites excluding steroid dienone is 3. The normalized spacial score (nSPS) is 19.1. The molecule has 2 aliphatic rings. The van der Waals surface area contributed by atoms with Crippen molar-refractivity contribution in [2.45, 2.75) is 13.3 Å². The van der Waals surface area contributed by atoms with E-state index in [0.717, 1.165) is 5.57 Å². The molecule has 2 rings (SSSR count). The van der Waals surface area contributed by atoms with Gasteiger partial charge in [-0.15, -0.1) is 0 Å². The summed E-state index contributed by atoms with van der Waals surface area (Å²) in [4.78, 5) is 33.7. The lowest BCUT2D eigenvalue weighted by atomic mass is 10.0. The Labute approximate surface area is 80.2 Å². The van der Waals surface area contributed by atoms with Crippen LogP contribution in [0, 0.1) is 0 Å². The fraction of sp³-hybridized carbons (Fsp3) is 0.300. The molecule has 0 heterocycles. The van der Waals surface area contributed by atoms with Gasteiger partial charge in [0.15, 0.2) is 0 Å². The molecule has 1 saturated carbocycles. The average molecular weight is 192 g/mol. The molecule has 72 valence electrons. The summed E-state index contributed by atoms with van der Waals surface area (Å²) in [5.41, 5.74) is 1.40. The molecule has 0 N–H and O–H groups in total. The largest absolute Gasteiger partial charge is 0.462 e. The van der Waals surface area contributed by atoms with Gasteiger partial charge in [-0.2, -0.15) is 0 Å². The number of Topliss-reactive ketones (excluding diaryl/α,β-unsaturated/α-hetero) is 1. The summed E-state index contributed by atoms with van der Waals surface area (Å²) >= 11 is 0. The molecule has 4 nitrogen and oxygen atoms in total. The van der Waals surface area contributed by atoms with Gasteiger partial charge in [-0.3, -0.25) is 9.59 Å². The van der Waals surface area contributed by atoms with Crippen LogP contribution in [0.2, 0.25) is 0 Å². The van der Waals surface area contributed by atoms with E-state index in [2.05, 4.69) is 0 Å². The lowest BCUT2D eigenvalue weighted by Crippen LogP contribution is -2.23. The summed E-state index contributed by atoms with van der Waals surface area (Å²) in [5, 5.41) is 0. The average Bonchev–Trinajstić information content (AvgIpc) is 2.84. The van der Waals surface area contributed by atoms with Gasteiger partial charge >= 0.3 is 5.97 Å². The zero-order valence-corrected chi connectivity index (χ0v) is 7.62. The first-order valence-corrected chi connectivity index (χ1v) is 4.35. The lowest BCUT2D eigenvalue weighted by molar-refractivity contribution is -0.142. The molecule has 4 heteroatoms. The zero-order chi connectivity index (χ0) is 10.3. The van der Waals surface area contributed by atoms with Crippen LogP contribution >= 0.6 is 0 Å². The van der Waals surface area contributed by atoms with Crippen molar-refractivity contribution in [2.24, 2.45) is 0 Å². The molecular weight excluding hydrogens is 184 g/mol. The molecule has 14 heavy (non-hydrogen) atoms. The molecule has 0 aliphatic heterocycles. The lowest BCUT2D eigenvalue weighted by Gasteiger charge is -2.05. The van der Waals surface area contributed by atoms with Crippen LogP contribution in [0.15, 0.2) is 22.8 Å². The number of hydrogen-bond acceptors (Lipinski definition) is 4. The standard InChI is InChI=1S/C10H8O4/c1-2-14-10(13)8-6-3-5(6)4-7(11)9(8)12/h4H,2-3H2,1H3. The van der Waals surface area contributed by atoms with Crippen molar-refractivity contribution in [3.63, 3.8) is 0 Å². The highest BCUT2D eigenvalue weighted by molar-refractivity contribution is 6.54. The first-order chi connectivity index (χ1) is 6.65. The van der Waals surface area contributed by atoms with E-state index in [0.29, 0.717) is 12.0 Å². The van der Waals surface area contributed by atoms with Gasteiger partial charge in [0.2, 0.25) is 11.6 Å². The van der Waals surface area contributed by atoms with Crippen molar-refractivity contribution in [2.75, 3.05) is 6.61 Å². The van der Waals surface area contributed by atoms with E-state index in [-0.39, 0.29) is 12.2 Å². The van der Waals surface area contributed by atoms with Gasteiger partial charge in [-0.05, 0) is 30.6 Å². The quantitative estimate of drug-likeness (QED) is 0.274. The summed E-state index contributed by atoms with van der Waals surface area (Å²) in [6, 6.07) is 0. The van der Waals surface area contributed by atoms with Gasteiger partial charge in [0, 0.05) is 0 Å². The summed E-state index contributed by atoms with van der Waals surface area (Å²) in [7, 11) is 0. The molecule has 0 unspecified atom stereocenters. The van der Waals surface area contributed by atoms with E-state index in [1.54, 1.807) is 6.92 Å². The molecule has 0 radical (unpaired) electrons. The van der Waals surface area contributed by atoms with E-state index >= 15 is 0 Å². The van der Waals surface area contributed by atoms with Crippen LogP contribution < -0.4 is 0 Å². The molecule has 0 aromatic heterocycles. The molecule has 1 fully saturated rings. The Morgan fingerprint density at radius 1 is 1.50 bits per heavy atom. The minimum Gasteiger partial charge on any atom is -0.462 e. The predicted molar refractivity (Wildman–Crippen MR) is 46.4 cm³/mol. The monoisotopic (exact) mass is 192 g/mol. The van der Waals surface area contributed by atoms with Crippen LogP contribution in [-0.2, 0) is 19.1 Å². The topological polar surface area (TPSA) is 60.4 Å². The Hall–Kier alpha value is -1.71. The summed E-state index contributed by atoms with van der Waals surface area (Å²) in [5.74, 6) is -2.03. The number of esters is 1. The van der Waals surface area contributed by atoms with Crippen LogP contribution in [-0.4, -0.2) is 24.1 Å². The number of ether oxygens (including phenoxy) is 1. The van der Waals surface area contributed by atoms with Crippen LogP contribution in [0.25, 0.3) is 0 Å². The van der Waals surface area contributed by atoms with Crippen LogP contribution in [0.4, 0.5) is 0 Å². The van der Waals surface area contributed by atoms with Gasteiger partial charge in [0.05, 0.1) is 6.61 Å². The van der Waals surface area contributed by atoms with Gasteiger partial charge in [-0.1, -0.05) is 0 Å². The third kappa shape index (κ3) is 1.19. The summed E-state index contributed by atoms with van der Waals surface area (Å²) in [6.45, 7) is 1.86. The number of carbonyl (C=O) groups excluding carboxylic acids is 3. The van der Waals surface area contributed by atoms with Crippen LogP contribution in [0.5, 0.6) is 0 Å². The Kier molecular flexibility index (Phi) is 1.84. The van der Waals surface area contributed by atoms with Crippen molar-refractivity contribution in [3.05, 3.63) is 22.8 Å². The van der Waals surface area contributed by atoms with E-state index in [4.69, 9.17) is 4.74 Å². The molecule has 0 saturated heterocycles. The van der Waals surface area contributed by atoms with Gasteiger partial charge in [-0.25, -0.2) is 4.79 Å². The van der Waals surface area contributed by atoms with E-state index in [1.807, 2.05) is 0 Å². The highest BCUT2D eigenvalue weighted by atomic mass is 16.5. The van der Waals surface area contributed by atoms with Gasteiger partial charge in [0.25, 0.3) is 0 Å².